The number of nitro groups is 1. The predicted octanol–water partition coefficient (Wildman–Crippen LogP) is 2.01. The molecule has 0 N–H and O–H groups in total. The van der Waals surface area contributed by atoms with E-state index < -0.39 is 4.92 Å². The molecule has 0 aromatic carbocycles. The highest BCUT2D eigenvalue weighted by Crippen LogP contribution is 2.16. The van der Waals surface area contributed by atoms with Gasteiger partial charge in [0.05, 0.1) is 0 Å². The van der Waals surface area contributed by atoms with E-state index in [0.29, 0.717) is 16.9 Å². The zero-order valence-corrected chi connectivity index (χ0v) is 8.61. The van der Waals surface area contributed by atoms with Crippen molar-refractivity contribution in [2.45, 2.75) is 13.5 Å². The van der Waals surface area contributed by atoms with Gasteiger partial charge in [-0.15, -0.1) is 0 Å². The fraction of sp³-hybridized carbons (Fsp3) is 0.286. The van der Waals surface area contributed by atoms with E-state index in [1.165, 1.54) is 10.8 Å². The van der Waals surface area contributed by atoms with Gasteiger partial charge in [-0.1, -0.05) is 22.5 Å². The van der Waals surface area contributed by atoms with Crippen LogP contribution in [-0.2, 0) is 6.54 Å². The van der Waals surface area contributed by atoms with Crippen LogP contribution >= 0.6 is 15.9 Å². The summed E-state index contributed by atoms with van der Waals surface area (Å²) in [5.74, 6) is 0.588. The summed E-state index contributed by atoms with van der Waals surface area (Å²) in [5.41, 5.74) is 0. The van der Waals surface area contributed by atoms with Gasteiger partial charge >= 0.3 is 5.82 Å². The number of aromatic nitrogens is 2. The van der Waals surface area contributed by atoms with E-state index in [9.17, 15) is 10.1 Å². The molecule has 1 heterocycles. The quantitative estimate of drug-likeness (QED) is 0.605. The monoisotopic (exact) mass is 245 g/mol. The average molecular weight is 246 g/mol. The van der Waals surface area contributed by atoms with Gasteiger partial charge in [-0.25, -0.2) is 9.55 Å². The summed E-state index contributed by atoms with van der Waals surface area (Å²) >= 11 is 3.15. The van der Waals surface area contributed by atoms with E-state index in [1.54, 1.807) is 6.92 Å². The molecule has 1 rings (SSSR count). The van der Waals surface area contributed by atoms with Gasteiger partial charge in [-0.2, -0.15) is 0 Å². The zero-order chi connectivity index (χ0) is 10.0. The van der Waals surface area contributed by atoms with Gasteiger partial charge in [0.15, 0.2) is 5.82 Å². The third-order valence-electron chi connectivity index (χ3n) is 1.55. The number of halogens is 1. The third-order valence-corrected chi connectivity index (χ3v) is 1.80. The molecule has 0 saturated heterocycles. The Morgan fingerprint density at radius 3 is 3.00 bits per heavy atom. The summed E-state index contributed by atoms with van der Waals surface area (Å²) < 4.78 is 2.16. The van der Waals surface area contributed by atoms with Crippen molar-refractivity contribution in [1.29, 1.82) is 0 Å². The second-order valence-electron chi connectivity index (χ2n) is 2.52. The SMILES string of the molecule is C=C(Br)Cn1c([N+](=O)[O-])cnc1C. The van der Waals surface area contributed by atoms with E-state index in [1.807, 2.05) is 0 Å². The molecule has 0 saturated carbocycles. The van der Waals surface area contributed by atoms with Crippen LogP contribution in [0, 0.1) is 17.0 Å². The van der Waals surface area contributed by atoms with E-state index in [0.717, 1.165) is 0 Å². The van der Waals surface area contributed by atoms with Crippen LogP contribution in [0.15, 0.2) is 17.3 Å². The van der Waals surface area contributed by atoms with Crippen molar-refractivity contribution in [1.82, 2.24) is 9.55 Å². The van der Waals surface area contributed by atoms with Crippen LogP contribution in [0.1, 0.15) is 5.82 Å². The first-order valence-electron chi connectivity index (χ1n) is 3.52. The predicted molar refractivity (Wildman–Crippen MR) is 51.7 cm³/mol. The van der Waals surface area contributed by atoms with Gasteiger partial charge in [-0.05, 0) is 4.92 Å². The van der Waals surface area contributed by atoms with Gasteiger partial charge in [0.2, 0.25) is 0 Å². The summed E-state index contributed by atoms with van der Waals surface area (Å²) in [4.78, 5) is 13.9. The fourth-order valence-electron chi connectivity index (χ4n) is 0.969. The van der Waals surface area contributed by atoms with Crippen LogP contribution in [0.25, 0.3) is 0 Å². The van der Waals surface area contributed by atoms with E-state index in [-0.39, 0.29) is 5.82 Å². The van der Waals surface area contributed by atoms with E-state index in [2.05, 4.69) is 27.5 Å². The van der Waals surface area contributed by atoms with Crippen LogP contribution < -0.4 is 0 Å². The lowest BCUT2D eigenvalue weighted by molar-refractivity contribution is -0.392. The molecule has 5 nitrogen and oxygen atoms in total. The van der Waals surface area contributed by atoms with Crippen molar-refractivity contribution < 1.29 is 4.92 Å². The van der Waals surface area contributed by atoms with Gasteiger partial charge in [-0.3, -0.25) is 0 Å². The highest BCUT2D eigenvalue weighted by Gasteiger charge is 2.16. The number of imidazole rings is 1. The molecule has 1 aromatic heterocycles. The molecule has 0 aliphatic rings. The van der Waals surface area contributed by atoms with Gasteiger partial charge < -0.3 is 10.1 Å². The lowest BCUT2D eigenvalue weighted by Gasteiger charge is -2.00. The van der Waals surface area contributed by atoms with Crippen molar-refractivity contribution in [3.8, 4) is 0 Å². The van der Waals surface area contributed by atoms with Gasteiger partial charge in [0.25, 0.3) is 0 Å². The molecular weight excluding hydrogens is 238 g/mol. The van der Waals surface area contributed by atoms with E-state index in [4.69, 9.17) is 0 Å². The zero-order valence-electron chi connectivity index (χ0n) is 7.03. The second-order valence-corrected chi connectivity index (χ2v) is 3.65. The standard InChI is InChI=1S/C7H8BrN3O2/c1-5(8)4-10-6(2)9-3-7(10)11(12)13/h3H,1,4H2,2H3. The molecule has 0 aliphatic carbocycles. The van der Waals surface area contributed by atoms with Crippen molar-refractivity contribution in [3.05, 3.63) is 33.2 Å². The Hall–Kier alpha value is -1.17. The lowest BCUT2D eigenvalue weighted by Crippen LogP contribution is -2.04. The Balaban J connectivity index is 3.08. The second kappa shape index (κ2) is 3.69. The summed E-state index contributed by atoms with van der Waals surface area (Å²) in [6.45, 7) is 5.69. The number of rotatable bonds is 3. The van der Waals surface area contributed by atoms with Crippen LogP contribution in [0.5, 0.6) is 0 Å². The van der Waals surface area contributed by atoms with E-state index >= 15 is 0 Å². The van der Waals surface area contributed by atoms with Crippen molar-refractivity contribution >= 4 is 21.7 Å². The first-order valence-corrected chi connectivity index (χ1v) is 4.31. The first kappa shape index (κ1) is 9.91. The Morgan fingerprint density at radius 2 is 2.54 bits per heavy atom. The van der Waals surface area contributed by atoms with Crippen molar-refractivity contribution in [2.75, 3.05) is 0 Å². The highest BCUT2D eigenvalue weighted by molar-refractivity contribution is 9.11. The van der Waals surface area contributed by atoms with Crippen molar-refractivity contribution in [2.24, 2.45) is 0 Å². The molecule has 0 amide bonds. The van der Waals surface area contributed by atoms with Crippen LogP contribution in [0.3, 0.4) is 0 Å². The van der Waals surface area contributed by atoms with Crippen LogP contribution in [0.4, 0.5) is 5.82 Å². The smallest absolute Gasteiger partial charge is 0.343 e. The molecule has 0 spiro atoms. The number of allylic oxidation sites excluding steroid dienone is 1. The molecule has 1 aromatic rings. The Morgan fingerprint density at radius 1 is 1.92 bits per heavy atom. The summed E-state index contributed by atoms with van der Waals surface area (Å²) in [5, 5.41) is 10.5. The molecule has 0 atom stereocenters. The Labute approximate surface area is 83.4 Å². The number of aryl methyl sites for hydroxylation is 1. The minimum absolute atomic E-state index is 0.0156. The summed E-state index contributed by atoms with van der Waals surface area (Å²) in [6, 6.07) is 0. The molecule has 0 aliphatic heterocycles. The molecule has 0 radical (unpaired) electrons. The first-order chi connectivity index (χ1) is 6.02. The van der Waals surface area contributed by atoms with Gasteiger partial charge in [0, 0.05) is 11.4 Å². The molecular formula is C7H8BrN3O2. The Kier molecular flexibility index (Phi) is 2.82. The molecule has 6 heteroatoms. The largest absolute Gasteiger partial charge is 0.358 e. The number of hydrogen-bond acceptors (Lipinski definition) is 3. The maximum atomic E-state index is 10.5. The minimum Gasteiger partial charge on any atom is -0.358 e. The maximum Gasteiger partial charge on any atom is 0.343 e. The molecule has 0 bridgehead atoms. The lowest BCUT2D eigenvalue weighted by atomic mass is 10.5. The summed E-state index contributed by atoms with van der Waals surface area (Å²) in [6.07, 6.45) is 1.24. The number of hydrogen-bond donors (Lipinski definition) is 0. The van der Waals surface area contributed by atoms with Gasteiger partial charge in [0.1, 0.15) is 12.7 Å². The maximum absolute atomic E-state index is 10.5. The normalized spacial score (nSPS) is 10.0. The Bertz CT molecular complexity index is 359. The highest BCUT2D eigenvalue weighted by atomic mass is 79.9. The van der Waals surface area contributed by atoms with Crippen molar-refractivity contribution in [3.63, 3.8) is 0 Å². The summed E-state index contributed by atoms with van der Waals surface area (Å²) in [7, 11) is 0. The molecule has 0 fully saturated rings. The van der Waals surface area contributed by atoms with Crippen LogP contribution in [-0.4, -0.2) is 14.5 Å². The topological polar surface area (TPSA) is 61.0 Å². The average Bonchev–Trinajstić information content (AvgIpc) is 2.32. The molecule has 13 heavy (non-hydrogen) atoms. The fourth-order valence-corrected chi connectivity index (χ4v) is 1.22. The third kappa shape index (κ3) is 2.15. The minimum atomic E-state index is -0.462. The molecule has 0 unspecified atom stereocenters. The van der Waals surface area contributed by atoms with Crippen LogP contribution in [0.2, 0.25) is 0 Å². The number of nitrogens with zero attached hydrogens (tertiary/aromatic N) is 3. The molecule has 70 valence electrons.